The van der Waals surface area contributed by atoms with Crippen LogP contribution in [0.4, 0.5) is 0 Å². The molecule has 0 N–H and O–H groups in total. The van der Waals surface area contributed by atoms with Gasteiger partial charge in [0.2, 0.25) is 0 Å². The van der Waals surface area contributed by atoms with Gasteiger partial charge in [0.15, 0.2) is 0 Å². The average Bonchev–Trinajstić information content (AvgIpc) is 2.58. The van der Waals surface area contributed by atoms with E-state index in [1.807, 2.05) is 48.5 Å². The molecule has 0 saturated carbocycles. The number of rotatable bonds is 4. The van der Waals surface area contributed by atoms with Gasteiger partial charge in [-0.3, -0.25) is 0 Å². The fourth-order valence-corrected chi connectivity index (χ4v) is 2.89. The fourth-order valence-electron chi connectivity index (χ4n) is 2.05. The highest BCUT2D eigenvalue weighted by Crippen LogP contribution is 2.25. The highest BCUT2D eigenvalue weighted by Gasteiger charge is 2.04. The SMILES string of the molecule is O=c1cc(SCC#CCOc2ccccc2)c2ccccc2o1. The van der Waals surface area contributed by atoms with Gasteiger partial charge in [0.1, 0.15) is 17.9 Å². The Morgan fingerprint density at radius 3 is 2.65 bits per heavy atom. The van der Waals surface area contributed by atoms with Crippen molar-refractivity contribution < 1.29 is 9.15 Å². The first-order valence-electron chi connectivity index (χ1n) is 7.12. The first kappa shape index (κ1) is 15.3. The highest BCUT2D eigenvalue weighted by molar-refractivity contribution is 7.99. The van der Waals surface area contributed by atoms with Crippen LogP contribution in [0.1, 0.15) is 0 Å². The molecule has 0 bridgehead atoms. The molecule has 0 atom stereocenters. The van der Waals surface area contributed by atoms with Crippen molar-refractivity contribution in [2.24, 2.45) is 0 Å². The maximum atomic E-state index is 11.6. The number of para-hydroxylation sites is 2. The minimum absolute atomic E-state index is 0.341. The molecule has 0 amide bonds. The van der Waals surface area contributed by atoms with Gasteiger partial charge in [0, 0.05) is 16.3 Å². The van der Waals surface area contributed by atoms with E-state index in [0.717, 1.165) is 16.0 Å². The van der Waals surface area contributed by atoms with Crippen molar-refractivity contribution in [3.05, 3.63) is 71.1 Å². The Balaban J connectivity index is 1.59. The van der Waals surface area contributed by atoms with Crippen LogP contribution in [0.3, 0.4) is 0 Å². The molecule has 0 aliphatic carbocycles. The summed E-state index contributed by atoms with van der Waals surface area (Å²) in [4.78, 5) is 12.4. The number of ether oxygens (including phenoxy) is 1. The molecule has 3 nitrogen and oxygen atoms in total. The van der Waals surface area contributed by atoms with Crippen LogP contribution in [-0.2, 0) is 0 Å². The molecule has 114 valence electrons. The Morgan fingerprint density at radius 2 is 1.78 bits per heavy atom. The minimum atomic E-state index is -0.341. The lowest BCUT2D eigenvalue weighted by Crippen LogP contribution is -1.97. The summed E-state index contributed by atoms with van der Waals surface area (Å²) in [6, 6.07) is 18.6. The largest absolute Gasteiger partial charge is 0.481 e. The van der Waals surface area contributed by atoms with E-state index in [1.165, 1.54) is 17.8 Å². The smallest absolute Gasteiger partial charge is 0.337 e. The molecule has 0 saturated heterocycles. The molecule has 2 aromatic carbocycles. The number of thioether (sulfide) groups is 1. The summed E-state index contributed by atoms with van der Waals surface area (Å²) in [6.45, 7) is 0.349. The molecule has 1 heterocycles. The molecule has 0 aliphatic rings. The second kappa shape index (κ2) is 7.57. The molecule has 0 unspecified atom stereocenters. The van der Waals surface area contributed by atoms with Gasteiger partial charge in [0.25, 0.3) is 0 Å². The van der Waals surface area contributed by atoms with Crippen molar-refractivity contribution in [2.45, 2.75) is 4.90 Å². The van der Waals surface area contributed by atoms with Gasteiger partial charge in [0.05, 0.1) is 5.75 Å². The van der Waals surface area contributed by atoms with E-state index >= 15 is 0 Å². The monoisotopic (exact) mass is 322 g/mol. The van der Waals surface area contributed by atoms with Crippen LogP contribution in [0.15, 0.2) is 74.8 Å². The van der Waals surface area contributed by atoms with E-state index in [0.29, 0.717) is 17.9 Å². The molecule has 3 rings (SSSR count). The second-order valence-corrected chi connectivity index (χ2v) is 5.69. The lowest BCUT2D eigenvalue weighted by molar-refractivity contribution is 0.370. The van der Waals surface area contributed by atoms with Gasteiger partial charge in [-0.25, -0.2) is 4.79 Å². The van der Waals surface area contributed by atoms with E-state index < -0.39 is 0 Å². The summed E-state index contributed by atoms with van der Waals surface area (Å²) >= 11 is 1.52. The number of fused-ring (bicyclic) bond motifs is 1. The lowest BCUT2D eigenvalue weighted by atomic mass is 10.2. The Kier molecular flexibility index (Phi) is 5.02. The van der Waals surface area contributed by atoms with Gasteiger partial charge in [-0.2, -0.15) is 0 Å². The molecule has 0 spiro atoms. The summed E-state index contributed by atoms with van der Waals surface area (Å²) in [6.07, 6.45) is 0. The van der Waals surface area contributed by atoms with E-state index in [2.05, 4.69) is 11.8 Å². The molecule has 4 heteroatoms. The summed E-state index contributed by atoms with van der Waals surface area (Å²) in [7, 11) is 0. The highest BCUT2D eigenvalue weighted by atomic mass is 32.2. The molecule has 0 aliphatic heterocycles. The van der Waals surface area contributed by atoms with Gasteiger partial charge in [-0.1, -0.05) is 48.2 Å². The molecular weight excluding hydrogens is 308 g/mol. The van der Waals surface area contributed by atoms with E-state index in [9.17, 15) is 4.79 Å². The van der Waals surface area contributed by atoms with Crippen molar-refractivity contribution in [3.8, 4) is 17.6 Å². The summed E-state index contributed by atoms with van der Waals surface area (Å²) in [5.41, 5.74) is 0.259. The van der Waals surface area contributed by atoms with Crippen LogP contribution in [-0.4, -0.2) is 12.4 Å². The molecular formula is C19H14O3S. The number of hydrogen-bond acceptors (Lipinski definition) is 4. The quantitative estimate of drug-likeness (QED) is 0.414. The maximum Gasteiger partial charge on any atom is 0.337 e. The van der Waals surface area contributed by atoms with Crippen molar-refractivity contribution in [1.29, 1.82) is 0 Å². The van der Waals surface area contributed by atoms with Crippen LogP contribution in [0.2, 0.25) is 0 Å². The van der Waals surface area contributed by atoms with Crippen LogP contribution in [0.5, 0.6) is 5.75 Å². The van der Waals surface area contributed by atoms with Crippen molar-refractivity contribution in [2.75, 3.05) is 12.4 Å². The Hall–Kier alpha value is -2.64. The van der Waals surface area contributed by atoms with Crippen molar-refractivity contribution >= 4 is 22.7 Å². The zero-order valence-electron chi connectivity index (χ0n) is 12.3. The second-order valence-electron chi connectivity index (χ2n) is 4.67. The average molecular weight is 322 g/mol. The zero-order valence-corrected chi connectivity index (χ0v) is 13.1. The van der Waals surface area contributed by atoms with E-state index in [4.69, 9.17) is 9.15 Å². The summed E-state index contributed by atoms with van der Waals surface area (Å²) < 4.78 is 10.7. The Labute approximate surface area is 138 Å². The molecule has 0 radical (unpaired) electrons. The third-order valence-electron chi connectivity index (χ3n) is 3.09. The fraction of sp³-hybridized carbons (Fsp3) is 0.105. The molecule has 23 heavy (non-hydrogen) atoms. The zero-order chi connectivity index (χ0) is 15.9. The standard InChI is InChI=1S/C19H14O3S/c20-19-14-18(16-10-4-5-11-17(16)22-19)23-13-7-6-12-21-15-8-2-1-3-9-15/h1-5,8-11,14H,12-13H2. The predicted octanol–water partition coefficient (Wildman–Crippen LogP) is 3.97. The van der Waals surface area contributed by atoms with E-state index in [1.54, 1.807) is 6.07 Å². The van der Waals surface area contributed by atoms with Gasteiger partial charge < -0.3 is 9.15 Å². The third kappa shape index (κ3) is 4.18. The van der Waals surface area contributed by atoms with Crippen LogP contribution in [0.25, 0.3) is 11.0 Å². The third-order valence-corrected chi connectivity index (χ3v) is 4.03. The predicted molar refractivity (Wildman–Crippen MR) is 92.9 cm³/mol. The first-order valence-corrected chi connectivity index (χ1v) is 8.11. The Bertz CT molecular complexity index is 904. The summed E-state index contributed by atoms with van der Waals surface area (Å²) in [5.74, 6) is 7.41. The van der Waals surface area contributed by atoms with Crippen LogP contribution >= 0.6 is 11.8 Å². The minimum Gasteiger partial charge on any atom is -0.481 e. The van der Waals surface area contributed by atoms with Crippen molar-refractivity contribution in [3.63, 3.8) is 0 Å². The normalized spacial score (nSPS) is 10.1. The van der Waals surface area contributed by atoms with E-state index in [-0.39, 0.29) is 5.63 Å². The van der Waals surface area contributed by atoms with Gasteiger partial charge in [-0.05, 0) is 18.2 Å². The number of hydrogen-bond donors (Lipinski definition) is 0. The lowest BCUT2D eigenvalue weighted by Gasteiger charge is -2.02. The van der Waals surface area contributed by atoms with Gasteiger partial charge >= 0.3 is 5.63 Å². The first-order chi connectivity index (χ1) is 11.3. The maximum absolute atomic E-state index is 11.6. The Morgan fingerprint density at radius 1 is 1.00 bits per heavy atom. The van der Waals surface area contributed by atoms with Crippen LogP contribution < -0.4 is 10.4 Å². The van der Waals surface area contributed by atoms with Crippen LogP contribution in [0, 0.1) is 11.8 Å². The van der Waals surface area contributed by atoms with Crippen molar-refractivity contribution in [1.82, 2.24) is 0 Å². The summed E-state index contributed by atoms with van der Waals surface area (Å²) in [5, 5.41) is 0.930. The molecule has 1 aromatic heterocycles. The molecule has 3 aromatic rings. The number of benzene rings is 2. The topological polar surface area (TPSA) is 39.4 Å². The molecule has 0 fully saturated rings. The van der Waals surface area contributed by atoms with Gasteiger partial charge in [-0.15, -0.1) is 11.8 Å².